The first kappa shape index (κ1) is 15.4. The van der Waals surface area contributed by atoms with Crippen molar-refractivity contribution in [2.45, 2.75) is 65.6 Å². The molecule has 0 aromatic carbocycles. The van der Waals surface area contributed by atoms with Crippen molar-refractivity contribution in [3.8, 4) is 6.01 Å². The Morgan fingerprint density at radius 2 is 2.11 bits per heavy atom. The highest BCUT2D eigenvalue weighted by Gasteiger charge is 2.18. The number of unbranched alkanes of at least 4 members (excludes halogenated alkanes) is 2. The van der Waals surface area contributed by atoms with Crippen LogP contribution in [0.4, 0.5) is 0 Å². The second-order valence-corrected chi connectivity index (χ2v) is 5.37. The lowest BCUT2D eigenvalue weighted by atomic mass is 10.2. The molecule has 0 aliphatic rings. The van der Waals surface area contributed by atoms with Crippen molar-refractivity contribution in [3.63, 3.8) is 0 Å². The molecule has 6 heteroatoms. The van der Waals surface area contributed by atoms with E-state index in [2.05, 4.69) is 22.0 Å². The third-order valence-electron chi connectivity index (χ3n) is 2.35. The molecule has 0 atom stereocenters. The zero-order valence-corrected chi connectivity index (χ0v) is 12.1. The highest BCUT2D eigenvalue weighted by Crippen LogP contribution is 2.17. The van der Waals surface area contributed by atoms with Gasteiger partial charge in [0.1, 0.15) is 12.3 Å². The average Bonchev–Trinajstić information content (AvgIpc) is 2.67. The Bertz CT molecular complexity index is 442. The summed E-state index contributed by atoms with van der Waals surface area (Å²) in [5, 5.41) is 4.31. The van der Waals surface area contributed by atoms with E-state index in [0.29, 0.717) is 6.01 Å². The van der Waals surface area contributed by atoms with Gasteiger partial charge in [-0.2, -0.15) is 19.8 Å². The normalized spacial score (nSPS) is 11.2. The van der Waals surface area contributed by atoms with Crippen molar-refractivity contribution in [1.29, 1.82) is 0 Å². The van der Waals surface area contributed by atoms with Crippen LogP contribution in [-0.4, -0.2) is 26.4 Å². The summed E-state index contributed by atoms with van der Waals surface area (Å²) >= 11 is 0. The molecule has 0 saturated heterocycles. The third-order valence-corrected chi connectivity index (χ3v) is 2.35. The molecule has 0 spiro atoms. The van der Waals surface area contributed by atoms with Gasteiger partial charge < -0.3 is 4.74 Å². The summed E-state index contributed by atoms with van der Waals surface area (Å²) in [7, 11) is 0. The minimum absolute atomic E-state index is 0.0929. The van der Waals surface area contributed by atoms with Crippen LogP contribution >= 0.6 is 0 Å². The maximum atomic E-state index is 10.2. The number of hydrogen-bond acceptors (Lipinski definition) is 5. The highest BCUT2D eigenvalue weighted by atomic mass is 16.5. The first-order chi connectivity index (χ1) is 8.96. The largest absolute Gasteiger partial charge is 0.458 e. The van der Waals surface area contributed by atoms with Gasteiger partial charge in [-0.25, -0.2) is 4.79 Å². The quantitative estimate of drug-likeness (QED) is 0.432. The average molecular weight is 266 g/mol. The van der Waals surface area contributed by atoms with Crippen LogP contribution < -0.4 is 4.74 Å². The number of aliphatic imine (C=N–C) groups is 1. The number of ether oxygens (including phenoxy) is 1. The molecule has 0 aliphatic carbocycles. The van der Waals surface area contributed by atoms with Crippen LogP contribution in [0.25, 0.3) is 0 Å². The summed E-state index contributed by atoms with van der Waals surface area (Å²) < 4.78 is 7.21. The van der Waals surface area contributed by atoms with Gasteiger partial charge >= 0.3 is 6.01 Å². The highest BCUT2D eigenvalue weighted by molar-refractivity contribution is 5.32. The number of carbonyl (C=O) groups excluding carboxylic acids is 1. The molecule has 1 aromatic rings. The second kappa shape index (κ2) is 7.04. The van der Waals surface area contributed by atoms with E-state index in [1.807, 2.05) is 20.8 Å². The molecule has 106 valence electrons. The van der Waals surface area contributed by atoms with Crippen LogP contribution in [0.3, 0.4) is 0 Å². The van der Waals surface area contributed by atoms with Gasteiger partial charge in [-0.15, -0.1) is 0 Å². The summed E-state index contributed by atoms with van der Waals surface area (Å²) in [6.07, 6.45) is 5.66. The van der Waals surface area contributed by atoms with E-state index in [4.69, 9.17) is 4.74 Å². The molecule has 0 bridgehead atoms. The number of hydrogen-bond donors (Lipinski definition) is 0. The van der Waals surface area contributed by atoms with E-state index in [-0.39, 0.29) is 12.3 Å². The molecule has 0 aliphatic heterocycles. The number of rotatable bonds is 7. The Balaban J connectivity index is 2.82. The van der Waals surface area contributed by atoms with Crippen molar-refractivity contribution in [2.24, 2.45) is 4.99 Å². The Morgan fingerprint density at radius 3 is 2.68 bits per heavy atom. The van der Waals surface area contributed by atoms with Crippen molar-refractivity contribution >= 4 is 6.08 Å². The fourth-order valence-corrected chi connectivity index (χ4v) is 1.55. The fraction of sp³-hybridized carbons (Fsp3) is 0.769. The molecule has 1 aromatic heterocycles. The predicted molar refractivity (Wildman–Crippen MR) is 71.8 cm³/mol. The summed E-state index contributed by atoms with van der Waals surface area (Å²) in [6.45, 7) is 8.05. The smallest absolute Gasteiger partial charge is 0.317 e. The summed E-state index contributed by atoms with van der Waals surface area (Å²) in [4.78, 5) is 18.1. The standard InChI is InChI=1S/C13H22N4O2/c1-5-6-7-8-11-15-12(19-13(2,3)4)17(16-11)9-14-10-18/h5-9H2,1-4H3. The lowest BCUT2D eigenvalue weighted by molar-refractivity contribution is 0.109. The fourth-order valence-electron chi connectivity index (χ4n) is 1.55. The van der Waals surface area contributed by atoms with Crippen LogP contribution in [0.1, 0.15) is 52.8 Å². The third kappa shape index (κ3) is 5.66. The monoisotopic (exact) mass is 266 g/mol. The molecule has 0 unspecified atom stereocenters. The topological polar surface area (TPSA) is 69.4 Å². The number of aromatic nitrogens is 3. The Hall–Kier alpha value is -1.68. The van der Waals surface area contributed by atoms with Gasteiger partial charge in [-0.1, -0.05) is 19.8 Å². The van der Waals surface area contributed by atoms with E-state index in [1.54, 1.807) is 0 Å². The molecule has 0 radical (unpaired) electrons. The maximum absolute atomic E-state index is 10.2. The van der Waals surface area contributed by atoms with Gasteiger partial charge in [-0.05, 0) is 27.2 Å². The molecule has 0 amide bonds. The van der Waals surface area contributed by atoms with E-state index < -0.39 is 0 Å². The Labute approximate surface area is 113 Å². The molecular formula is C13H22N4O2. The van der Waals surface area contributed by atoms with Crippen molar-refractivity contribution in [3.05, 3.63) is 5.82 Å². The second-order valence-electron chi connectivity index (χ2n) is 5.37. The van der Waals surface area contributed by atoms with Crippen molar-refractivity contribution in [1.82, 2.24) is 14.8 Å². The van der Waals surface area contributed by atoms with E-state index in [1.165, 1.54) is 10.8 Å². The zero-order chi connectivity index (χ0) is 14.3. The van der Waals surface area contributed by atoms with E-state index in [9.17, 15) is 4.79 Å². The van der Waals surface area contributed by atoms with E-state index in [0.717, 1.165) is 31.5 Å². The molecule has 0 saturated carbocycles. The van der Waals surface area contributed by atoms with Gasteiger partial charge in [0.2, 0.25) is 6.08 Å². The minimum atomic E-state index is -0.365. The van der Waals surface area contributed by atoms with E-state index >= 15 is 0 Å². The van der Waals surface area contributed by atoms with Crippen LogP contribution in [0, 0.1) is 0 Å². The van der Waals surface area contributed by atoms with Crippen LogP contribution in [0.15, 0.2) is 4.99 Å². The number of aryl methyl sites for hydroxylation is 1. The van der Waals surface area contributed by atoms with Crippen molar-refractivity contribution in [2.75, 3.05) is 0 Å². The Morgan fingerprint density at radius 1 is 1.37 bits per heavy atom. The van der Waals surface area contributed by atoms with Gasteiger partial charge in [0.15, 0.2) is 5.82 Å². The predicted octanol–water partition coefficient (Wildman–Crippen LogP) is 2.48. The number of isocyanates is 1. The van der Waals surface area contributed by atoms with Crippen molar-refractivity contribution < 1.29 is 9.53 Å². The lowest BCUT2D eigenvalue weighted by Gasteiger charge is -2.19. The maximum Gasteiger partial charge on any atom is 0.317 e. The number of nitrogens with zero attached hydrogens (tertiary/aromatic N) is 4. The van der Waals surface area contributed by atoms with Crippen LogP contribution in [0.5, 0.6) is 6.01 Å². The molecule has 1 heterocycles. The lowest BCUT2D eigenvalue weighted by Crippen LogP contribution is -2.25. The van der Waals surface area contributed by atoms with Gasteiger partial charge in [0, 0.05) is 6.42 Å². The van der Waals surface area contributed by atoms with Gasteiger partial charge in [0.05, 0.1) is 0 Å². The molecule has 0 fully saturated rings. The molecule has 19 heavy (non-hydrogen) atoms. The zero-order valence-electron chi connectivity index (χ0n) is 12.1. The minimum Gasteiger partial charge on any atom is -0.458 e. The van der Waals surface area contributed by atoms with Crippen LogP contribution in [0.2, 0.25) is 0 Å². The van der Waals surface area contributed by atoms with Gasteiger partial charge in [0.25, 0.3) is 0 Å². The molecule has 1 rings (SSSR count). The first-order valence-corrected chi connectivity index (χ1v) is 6.62. The first-order valence-electron chi connectivity index (χ1n) is 6.62. The molecular weight excluding hydrogens is 244 g/mol. The summed E-state index contributed by atoms with van der Waals surface area (Å²) in [5.41, 5.74) is -0.365. The summed E-state index contributed by atoms with van der Waals surface area (Å²) in [5.74, 6) is 0.730. The van der Waals surface area contributed by atoms with Crippen LogP contribution in [-0.2, 0) is 17.9 Å². The SMILES string of the molecule is CCCCCc1nc(OC(C)(C)C)n(CN=C=O)n1. The Kier molecular flexibility index (Phi) is 5.70. The molecule has 6 nitrogen and oxygen atoms in total. The summed E-state index contributed by atoms with van der Waals surface area (Å²) in [6, 6.07) is 0.401. The molecule has 0 N–H and O–H groups in total. The van der Waals surface area contributed by atoms with Gasteiger partial charge in [-0.3, -0.25) is 0 Å².